The number of hydrogen-bond donors (Lipinski definition) is 2. The average Bonchev–Trinajstić information content (AvgIpc) is 1.83. The Kier molecular flexibility index (Phi) is 2.09. The Bertz CT molecular complexity index is 82.9. The quantitative estimate of drug-likeness (QED) is 0.502. The molecule has 1 aliphatic rings. The number of aliphatic hydroxyl groups excluding tert-OH is 2. The van der Waals surface area contributed by atoms with Gasteiger partial charge in [0, 0.05) is 0 Å². The summed E-state index contributed by atoms with van der Waals surface area (Å²) >= 11 is 0. The molecule has 1 fully saturated rings. The minimum absolute atomic E-state index is 0.286. The maximum Gasteiger partial charge on any atom is 0.0824 e. The summed E-state index contributed by atoms with van der Waals surface area (Å²) in [4.78, 5) is 0. The van der Waals surface area contributed by atoms with Gasteiger partial charge in [0.05, 0.1) is 12.2 Å². The minimum atomic E-state index is -0.473. The molecule has 1 aliphatic carbocycles. The lowest BCUT2D eigenvalue weighted by Crippen LogP contribution is -2.35. The summed E-state index contributed by atoms with van der Waals surface area (Å²) in [5, 5.41) is 18.3. The third-order valence-electron chi connectivity index (χ3n) is 2.14. The zero-order valence-corrected chi connectivity index (χ0v) is 5.75. The van der Waals surface area contributed by atoms with Gasteiger partial charge in [-0.2, -0.15) is 0 Å². The van der Waals surface area contributed by atoms with Crippen molar-refractivity contribution in [3.05, 3.63) is 0 Å². The fourth-order valence-corrected chi connectivity index (χ4v) is 1.37. The van der Waals surface area contributed by atoms with Crippen molar-refractivity contribution < 1.29 is 10.2 Å². The van der Waals surface area contributed by atoms with Crippen molar-refractivity contribution in [3.63, 3.8) is 0 Å². The maximum absolute atomic E-state index is 9.20. The average molecular weight is 130 g/mol. The fourth-order valence-electron chi connectivity index (χ4n) is 1.37. The Labute approximate surface area is 55.5 Å². The number of aliphatic hydroxyl groups is 2. The molecular weight excluding hydrogens is 116 g/mol. The summed E-state index contributed by atoms with van der Waals surface area (Å²) in [7, 11) is 0. The maximum atomic E-state index is 9.20. The molecule has 0 aliphatic heterocycles. The Balaban J connectivity index is 2.41. The van der Waals surface area contributed by atoms with Crippen LogP contribution in [-0.4, -0.2) is 22.4 Å². The van der Waals surface area contributed by atoms with Gasteiger partial charge in [0.1, 0.15) is 0 Å². The highest BCUT2D eigenvalue weighted by atomic mass is 16.3. The summed E-state index contributed by atoms with van der Waals surface area (Å²) in [5.74, 6) is 0.286. The molecule has 54 valence electrons. The predicted molar refractivity (Wildman–Crippen MR) is 35.0 cm³/mol. The second kappa shape index (κ2) is 2.67. The van der Waals surface area contributed by atoms with Crippen LogP contribution in [0.4, 0.5) is 0 Å². The van der Waals surface area contributed by atoms with Crippen LogP contribution in [0.5, 0.6) is 0 Å². The highest BCUT2D eigenvalue weighted by Gasteiger charge is 2.26. The van der Waals surface area contributed by atoms with Crippen LogP contribution >= 0.6 is 0 Å². The molecule has 3 atom stereocenters. The van der Waals surface area contributed by atoms with Crippen LogP contribution in [0, 0.1) is 5.92 Å². The lowest BCUT2D eigenvalue weighted by atomic mass is 9.86. The van der Waals surface area contributed by atoms with Gasteiger partial charge in [-0.15, -0.1) is 0 Å². The van der Waals surface area contributed by atoms with Crippen molar-refractivity contribution in [1.29, 1.82) is 0 Å². The number of rotatable bonds is 0. The Morgan fingerprint density at radius 3 is 2.33 bits per heavy atom. The minimum Gasteiger partial charge on any atom is -0.390 e. The van der Waals surface area contributed by atoms with Gasteiger partial charge in [0.15, 0.2) is 0 Å². The van der Waals surface area contributed by atoms with E-state index >= 15 is 0 Å². The van der Waals surface area contributed by atoms with Crippen LogP contribution in [0.3, 0.4) is 0 Å². The van der Waals surface area contributed by atoms with E-state index in [2.05, 4.69) is 0 Å². The molecule has 0 heterocycles. The Morgan fingerprint density at radius 1 is 1.22 bits per heavy atom. The van der Waals surface area contributed by atoms with E-state index in [0.29, 0.717) is 0 Å². The second-order valence-corrected chi connectivity index (χ2v) is 2.97. The van der Waals surface area contributed by atoms with E-state index in [1.165, 1.54) is 0 Å². The zero-order chi connectivity index (χ0) is 6.85. The Morgan fingerprint density at radius 2 is 1.89 bits per heavy atom. The predicted octanol–water partition coefficient (Wildman–Crippen LogP) is 0.528. The molecule has 0 spiro atoms. The highest BCUT2D eigenvalue weighted by molar-refractivity contribution is 4.78. The SMILES string of the molecule is C[C@@H]1CCC[C@H](O)[C@@H]1O. The Hall–Kier alpha value is -0.0800. The summed E-state index contributed by atoms with van der Waals surface area (Å²) < 4.78 is 0. The van der Waals surface area contributed by atoms with Gasteiger partial charge in [-0.25, -0.2) is 0 Å². The largest absolute Gasteiger partial charge is 0.390 e. The molecule has 0 bridgehead atoms. The molecule has 1 saturated carbocycles. The lowest BCUT2D eigenvalue weighted by molar-refractivity contribution is -0.0391. The normalized spacial score (nSPS) is 45.0. The first-order chi connectivity index (χ1) is 4.22. The van der Waals surface area contributed by atoms with E-state index in [1.807, 2.05) is 6.92 Å². The first-order valence-electron chi connectivity index (χ1n) is 3.58. The van der Waals surface area contributed by atoms with Crippen LogP contribution in [0.1, 0.15) is 26.2 Å². The monoisotopic (exact) mass is 130 g/mol. The summed E-state index contributed by atoms with van der Waals surface area (Å²) in [6.45, 7) is 1.98. The molecule has 0 saturated heterocycles. The molecule has 0 aromatic carbocycles. The summed E-state index contributed by atoms with van der Waals surface area (Å²) in [5.41, 5.74) is 0. The molecule has 2 N–H and O–H groups in total. The van der Waals surface area contributed by atoms with Crippen molar-refractivity contribution >= 4 is 0 Å². The first kappa shape index (κ1) is 7.03. The van der Waals surface area contributed by atoms with Gasteiger partial charge in [0.2, 0.25) is 0 Å². The van der Waals surface area contributed by atoms with Crippen LogP contribution < -0.4 is 0 Å². The van der Waals surface area contributed by atoms with Gasteiger partial charge in [-0.3, -0.25) is 0 Å². The van der Waals surface area contributed by atoms with Gasteiger partial charge in [0.25, 0.3) is 0 Å². The van der Waals surface area contributed by atoms with Crippen molar-refractivity contribution in [2.45, 2.75) is 38.4 Å². The van der Waals surface area contributed by atoms with Crippen LogP contribution in [-0.2, 0) is 0 Å². The van der Waals surface area contributed by atoms with Crippen LogP contribution in [0.25, 0.3) is 0 Å². The molecule has 0 aromatic heterocycles. The molecule has 0 amide bonds. The molecule has 0 radical (unpaired) electrons. The van der Waals surface area contributed by atoms with Crippen molar-refractivity contribution in [2.24, 2.45) is 5.92 Å². The fraction of sp³-hybridized carbons (Fsp3) is 1.00. The zero-order valence-electron chi connectivity index (χ0n) is 5.75. The van der Waals surface area contributed by atoms with Crippen molar-refractivity contribution in [1.82, 2.24) is 0 Å². The number of hydrogen-bond acceptors (Lipinski definition) is 2. The molecule has 0 aromatic rings. The van der Waals surface area contributed by atoms with E-state index in [1.54, 1.807) is 0 Å². The lowest BCUT2D eigenvalue weighted by Gasteiger charge is -2.28. The second-order valence-electron chi connectivity index (χ2n) is 2.97. The van der Waals surface area contributed by atoms with E-state index in [4.69, 9.17) is 5.11 Å². The van der Waals surface area contributed by atoms with E-state index in [9.17, 15) is 5.11 Å². The topological polar surface area (TPSA) is 40.5 Å². The van der Waals surface area contributed by atoms with Crippen LogP contribution in [0.2, 0.25) is 0 Å². The molecule has 9 heavy (non-hydrogen) atoms. The molecule has 0 unspecified atom stereocenters. The van der Waals surface area contributed by atoms with Crippen LogP contribution in [0.15, 0.2) is 0 Å². The standard InChI is InChI=1S/C7H14O2/c1-5-3-2-4-6(8)7(5)9/h5-9H,2-4H2,1H3/t5-,6+,7-/m1/s1. The van der Waals surface area contributed by atoms with Crippen molar-refractivity contribution in [3.8, 4) is 0 Å². The van der Waals surface area contributed by atoms with Gasteiger partial charge < -0.3 is 10.2 Å². The van der Waals surface area contributed by atoms with Gasteiger partial charge >= 0.3 is 0 Å². The molecule has 2 heteroatoms. The third-order valence-corrected chi connectivity index (χ3v) is 2.14. The van der Waals surface area contributed by atoms with Gasteiger partial charge in [-0.05, 0) is 18.8 Å². The van der Waals surface area contributed by atoms with Gasteiger partial charge in [-0.1, -0.05) is 13.3 Å². The first-order valence-corrected chi connectivity index (χ1v) is 3.58. The smallest absolute Gasteiger partial charge is 0.0824 e. The molecule has 2 nitrogen and oxygen atoms in total. The van der Waals surface area contributed by atoms with E-state index < -0.39 is 12.2 Å². The van der Waals surface area contributed by atoms with E-state index in [-0.39, 0.29) is 5.92 Å². The molecule has 1 rings (SSSR count). The van der Waals surface area contributed by atoms with E-state index in [0.717, 1.165) is 19.3 Å². The van der Waals surface area contributed by atoms with Crippen molar-refractivity contribution in [2.75, 3.05) is 0 Å². The summed E-state index contributed by atoms with van der Waals surface area (Å²) in [6.07, 6.45) is 1.94. The molecular formula is C7H14O2. The third kappa shape index (κ3) is 1.43. The highest BCUT2D eigenvalue weighted by Crippen LogP contribution is 2.23. The summed E-state index contributed by atoms with van der Waals surface area (Å²) in [6, 6.07) is 0.